The Labute approximate surface area is 163 Å². The summed E-state index contributed by atoms with van der Waals surface area (Å²) in [5.74, 6) is 5.03. The summed E-state index contributed by atoms with van der Waals surface area (Å²) in [6, 6.07) is 19.6. The molecular weight excluding hydrogens is 374 g/mol. The van der Waals surface area contributed by atoms with Gasteiger partial charge in [0.05, 0.1) is 11.5 Å². The minimum atomic E-state index is -3.96. The number of ether oxygens (including phenoxy) is 1. The maximum absolute atomic E-state index is 13.0. The molecule has 0 unspecified atom stereocenters. The predicted octanol–water partition coefficient (Wildman–Crippen LogP) is 2.94. The molecule has 1 N–H and O–H groups in total. The smallest absolute Gasteiger partial charge is 0.344 e. The first-order valence-electron chi connectivity index (χ1n) is 8.79. The van der Waals surface area contributed by atoms with Crippen LogP contribution in [0.15, 0.2) is 71.6 Å². The average molecular weight is 391 g/mol. The standard InChI is InChI=1S/C22H17NO4S/c1-2-27-21(24)22(15-14-16-8-4-3-5-9-16)19-13-12-17-10-6-7-11-18(17)20(19)28(25,26)23-22/h3-13,23H,2H2,1H3/t22-/m1/s1. The molecule has 6 heteroatoms. The summed E-state index contributed by atoms with van der Waals surface area (Å²) in [6.07, 6.45) is 0. The molecule has 0 radical (unpaired) electrons. The predicted molar refractivity (Wildman–Crippen MR) is 106 cm³/mol. The van der Waals surface area contributed by atoms with E-state index in [0.717, 1.165) is 5.39 Å². The van der Waals surface area contributed by atoms with Gasteiger partial charge in [-0.1, -0.05) is 66.4 Å². The minimum absolute atomic E-state index is 0.0704. The van der Waals surface area contributed by atoms with E-state index in [4.69, 9.17) is 4.74 Å². The molecule has 0 saturated carbocycles. The van der Waals surface area contributed by atoms with Crippen LogP contribution in [0.25, 0.3) is 10.8 Å². The normalized spacial score (nSPS) is 19.5. The summed E-state index contributed by atoms with van der Waals surface area (Å²) in [5, 5.41) is 1.31. The molecule has 1 aliphatic rings. The third-order valence-electron chi connectivity index (χ3n) is 4.59. The number of sulfonamides is 1. The Morgan fingerprint density at radius 2 is 1.75 bits per heavy atom. The van der Waals surface area contributed by atoms with E-state index in [1.165, 1.54) is 0 Å². The fourth-order valence-electron chi connectivity index (χ4n) is 3.36. The highest BCUT2D eigenvalue weighted by Gasteiger charge is 2.53. The van der Waals surface area contributed by atoms with Crippen molar-refractivity contribution in [2.24, 2.45) is 0 Å². The van der Waals surface area contributed by atoms with Crippen LogP contribution in [0.1, 0.15) is 18.1 Å². The van der Waals surface area contributed by atoms with E-state index in [1.54, 1.807) is 43.3 Å². The SMILES string of the molecule is CCOC(=O)[C@]1(C#Cc2ccccc2)NS(=O)(=O)c2c1ccc1ccccc21. The van der Waals surface area contributed by atoms with Crippen LogP contribution in [0.2, 0.25) is 0 Å². The monoisotopic (exact) mass is 391 g/mol. The molecule has 28 heavy (non-hydrogen) atoms. The zero-order chi connectivity index (χ0) is 19.8. The molecule has 0 bridgehead atoms. The summed E-state index contributed by atoms with van der Waals surface area (Å²) < 4.78 is 33.7. The Morgan fingerprint density at radius 1 is 1.04 bits per heavy atom. The fraction of sp³-hybridized carbons (Fsp3) is 0.136. The van der Waals surface area contributed by atoms with Gasteiger partial charge < -0.3 is 4.74 Å². The summed E-state index contributed by atoms with van der Waals surface area (Å²) in [7, 11) is -3.96. The molecule has 0 aliphatic carbocycles. The Bertz CT molecular complexity index is 1240. The van der Waals surface area contributed by atoms with E-state index in [-0.39, 0.29) is 17.1 Å². The van der Waals surface area contributed by atoms with Crippen molar-refractivity contribution in [3.8, 4) is 11.8 Å². The summed E-state index contributed by atoms with van der Waals surface area (Å²) in [4.78, 5) is 13.0. The molecule has 5 nitrogen and oxygen atoms in total. The van der Waals surface area contributed by atoms with Crippen molar-refractivity contribution in [2.45, 2.75) is 17.4 Å². The van der Waals surface area contributed by atoms with Crippen LogP contribution in [0.5, 0.6) is 0 Å². The van der Waals surface area contributed by atoms with Crippen LogP contribution in [-0.4, -0.2) is 21.0 Å². The van der Waals surface area contributed by atoms with Crippen LogP contribution in [0.4, 0.5) is 0 Å². The highest BCUT2D eigenvalue weighted by molar-refractivity contribution is 7.90. The van der Waals surface area contributed by atoms with Gasteiger partial charge in [-0.2, -0.15) is 4.72 Å². The van der Waals surface area contributed by atoms with E-state index in [2.05, 4.69) is 16.6 Å². The van der Waals surface area contributed by atoms with Gasteiger partial charge in [0.1, 0.15) is 0 Å². The third kappa shape index (κ3) is 2.85. The lowest BCUT2D eigenvalue weighted by atomic mass is 9.89. The van der Waals surface area contributed by atoms with Crippen molar-refractivity contribution < 1.29 is 17.9 Å². The lowest BCUT2D eigenvalue weighted by Crippen LogP contribution is -2.46. The van der Waals surface area contributed by atoms with Gasteiger partial charge in [0.2, 0.25) is 15.6 Å². The van der Waals surface area contributed by atoms with Crippen molar-refractivity contribution >= 4 is 26.8 Å². The maximum Gasteiger partial charge on any atom is 0.344 e. The zero-order valence-corrected chi connectivity index (χ0v) is 15.9. The molecule has 0 aromatic heterocycles. The van der Waals surface area contributed by atoms with Gasteiger partial charge in [0, 0.05) is 16.5 Å². The quantitative estimate of drug-likeness (QED) is 0.539. The second-order valence-electron chi connectivity index (χ2n) is 6.36. The molecule has 3 aromatic rings. The van der Waals surface area contributed by atoms with E-state index in [9.17, 15) is 13.2 Å². The molecule has 3 aromatic carbocycles. The minimum Gasteiger partial charge on any atom is -0.464 e. The Morgan fingerprint density at radius 3 is 2.50 bits per heavy atom. The highest BCUT2D eigenvalue weighted by Crippen LogP contribution is 2.40. The molecule has 0 spiro atoms. The Kier molecular flexibility index (Phi) is 4.42. The number of carbonyl (C=O) groups is 1. The second-order valence-corrected chi connectivity index (χ2v) is 7.97. The van der Waals surface area contributed by atoms with Crippen molar-refractivity contribution in [3.63, 3.8) is 0 Å². The van der Waals surface area contributed by atoms with Crippen molar-refractivity contribution in [1.29, 1.82) is 0 Å². The molecule has 1 atom stereocenters. The van der Waals surface area contributed by atoms with Crippen LogP contribution in [0.3, 0.4) is 0 Å². The van der Waals surface area contributed by atoms with Gasteiger partial charge in [-0.05, 0) is 24.4 Å². The Hall–Kier alpha value is -3.14. The lowest BCUT2D eigenvalue weighted by Gasteiger charge is -2.21. The highest BCUT2D eigenvalue weighted by atomic mass is 32.2. The fourth-order valence-corrected chi connectivity index (χ4v) is 5.09. The summed E-state index contributed by atoms with van der Waals surface area (Å²) in [6.45, 7) is 1.78. The van der Waals surface area contributed by atoms with Gasteiger partial charge in [0.15, 0.2) is 0 Å². The maximum atomic E-state index is 13.0. The number of carbonyl (C=O) groups excluding carboxylic acids is 1. The zero-order valence-electron chi connectivity index (χ0n) is 15.1. The largest absolute Gasteiger partial charge is 0.464 e. The third-order valence-corrected chi connectivity index (χ3v) is 6.14. The van der Waals surface area contributed by atoms with Crippen molar-refractivity contribution in [3.05, 3.63) is 77.9 Å². The molecular formula is C22H17NO4S. The number of esters is 1. The van der Waals surface area contributed by atoms with Crippen LogP contribution < -0.4 is 4.72 Å². The van der Waals surface area contributed by atoms with Crippen molar-refractivity contribution in [1.82, 2.24) is 4.72 Å². The summed E-state index contributed by atoms with van der Waals surface area (Å²) in [5.41, 5.74) is -0.836. The number of nitrogens with one attached hydrogen (secondary N) is 1. The number of benzene rings is 3. The van der Waals surface area contributed by atoms with Gasteiger partial charge in [0.25, 0.3) is 0 Å². The molecule has 0 saturated heterocycles. The van der Waals surface area contributed by atoms with Gasteiger partial charge >= 0.3 is 5.97 Å². The number of hydrogen-bond donors (Lipinski definition) is 1. The number of rotatable bonds is 2. The first-order valence-corrected chi connectivity index (χ1v) is 10.3. The van der Waals surface area contributed by atoms with E-state index in [1.807, 2.05) is 30.3 Å². The average Bonchev–Trinajstić information content (AvgIpc) is 2.95. The van der Waals surface area contributed by atoms with Crippen LogP contribution >= 0.6 is 0 Å². The molecule has 0 amide bonds. The topological polar surface area (TPSA) is 72.5 Å². The lowest BCUT2D eigenvalue weighted by molar-refractivity contribution is -0.148. The molecule has 1 aliphatic heterocycles. The first-order chi connectivity index (χ1) is 13.5. The first kappa shape index (κ1) is 18.2. The molecule has 1 heterocycles. The summed E-state index contributed by atoms with van der Waals surface area (Å²) >= 11 is 0. The van der Waals surface area contributed by atoms with Gasteiger partial charge in [-0.25, -0.2) is 13.2 Å². The van der Waals surface area contributed by atoms with Crippen molar-refractivity contribution in [2.75, 3.05) is 6.61 Å². The van der Waals surface area contributed by atoms with Gasteiger partial charge in [-0.15, -0.1) is 0 Å². The number of fused-ring (bicyclic) bond motifs is 3. The van der Waals surface area contributed by atoms with E-state index < -0.39 is 21.5 Å². The van der Waals surface area contributed by atoms with Gasteiger partial charge in [-0.3, -0.25) is 0 Å². The molecule has 4 rings (SSSR count). The van der Waals surface area contributed by atoms with Crippen LogP contribution in [0, 0.1) is 11.8 Å². The Balaban J connectivity index is 2.01. The molecule has 0 fully saturated rings. The van der Waals surface area contributed by atoms with E-state index >= 15 is 0 Å². The number of hydrogen-bond acceptors (Lipinski definition) is 4. The second kappa shape index (κ2) is 6.79. The van der Waals surface area contributed by atoms with E-state index in [0.29, 0.717) is 10.9 Å². The van der Waals surface area contributed by atoms with Crippen LogP contribution in [-0.2, 0) is 25.1 Å². The molecule has 140 valence electrons.